The van der Waals surface area contributed by atoms with Crippen molar-refractivity contribution in [1.82, 2.24) is 14.9 Å². The van der Waals surface area contributed by atoms with Crippen LogP contribution < -0.4 is 5.32 Å². The summed E-state index contributed by atoms with van der Waals surface area (Å²) in [5.41, 5.74) is 0.779. The largest absolute Gasteiger partial charge is 0.393 e. The topological polar surface area (TPSA) is 75.1 Å². The van der Waals surface area contributed by atoms with Gasteiger partial charge in [0, 0.05) is 6.54 Å². The zero-order valence-corrected chi connectivity index (χ0v) is 12.2. The van der Waals surface area contributed by atoms with E-state index >= 15 is 0 Å². The van der Waals surface area contributed by atoms with Crippen LogP contribution in [0.2, 0.25) is 0 Å². The van der Waals surface area contributed by atoms with Gasteiger partial charge in [-0.05, 0) is 49.1 Å². The van der Waals surface area contributed by atoms with Crippen molar-refractivity contribution >= 4 is 17.4 Å². The monoisotopic (exact) mass is 283 g/mol. The number of carbonyl (C=O) groups is 1. The minimum Gasteiger partial charge on any atom is -0.393 e. The van der Waals surface area contributed by atoms with Gasteiger partial charge >= 0.3 is 0 Å². The van der Waals surface area contributed by atoms with E-state index in [1.165, 1.54) is 0 Å². The lowest BCUT2D eigenvalue weighted by molar-refractivity contribution is 0.0912. The highest BCUT2D eigenvalue weighted by Gasteiger charge is 2.22. The van der Waals surface area contributed by atoms with Gasteiger partial charge in [-0.2, -0.15) is 0 Å². The lowest BCUT2D eigenvalue weighted by Crippen LogP contribution is -2.32. The second-order valence-corrected chi connectivity index (χ2v) is 6.28. The van der Waals surface area contributed by atoms with Crippen molar-refractivity contribution in [1.29, 1.82) is 0 Å². The molecular formula is C13H21N3O2S. The first-order valence-corrected chi connectivity index (χ1v) is 7.63. The van der Waals surface area contributed by atoms with E-state index < -0.39 is 0 Å². The number of hydrogen-bond acceptors (Lipinski definition) is 5. The maximum absolute atomic E-state index is 12.1. The maximum atomic E-state index is 12.1. The number of hydrogen-bond donors (Lipinski definition) is 2. The van der Waals surface area contributed by atoms with Crippen molar-refractivity contribution in [3.8, 4) is 0 Å². The molecule has 1 aromatic heterocycles. The lowest BCUT2D eigenvalue weighted by atomic mass is 9.87. The molecule has 0 aromatic carbocycles. The Kier molecular flexibility index (Phi) is 4.87. The summed E-state index contributed by atoms with van der Waals surface area (Å²) in [6, 6.07) is 0. The minimum atomic E-state index is -0.148. The van der Waals surface area contributed by atoms with Crippen LogP contribution in [0, 0.1) is 5.92 Å². The molecule has 1 aliphatic rings. The SMILES string of the molecule is CC(C)c1nnsc1C(=O)NCC1CCC(O)CC1. The van der Waals surface area contributed by atoms with Gasteiger partial charge < -0.3 is 10.4 Å². The molecule has 1 saturated carbocycles. The Morgan fingerprint density at radius 2 is 2.11 bits per heavy atom. The summed E-state index contributed by atoms with van der Waals surface area (Å²) < 4.78 is 3.87. The van der Waals surface area contributed by atoms with Crippen LogP contribution in [0.1, 0.15) is 60.8 Å². The molecule has 5 nitrogen and oxygen atoms in total. The number of aromatic nitrogens is 2. The van der Waals surface area contributed by atoms with Crippen LogP contribution in [0.15, 0.2) is 0 Å². The predicted octanol–water partition coefficient (Wildman–Crippen LogP) is 1.94. The van der Waals surface area contributed by atoms with Crippen LogP contribution >= 0.6 is 11.5 Å². The third kappa shape index (κ3) is 3.73. The van der Waals surface area contributed by atoms with E-state index in [-0.39, 0.29) is 17.9 Å². The summed E-state index contributed by atoms with van der Waals surface area (Å²) in [7, 11) is 0. The van der Waals surface area contributed by atoms with Gasteiger partial charge in [0.25, 0.3) is 5.91 Å². The van der Waals surface area contributed by atoms with Gasteiger partial charge in [-0.1, -0.05) is 18.3 Å². The van der Waals surface area contributed by atoms with Gasteiger partial charge in [-0.15, -0.1) is 5.10 Å². The van der Waals surface area contributed by atoms with Crippen molar-refractivity contribution in [2.45, 2.75) is 51.6 Å². The third-order valence-electron chi connectivity index (χ3n) is 3.63. The molecular weight excluding hydrogens is 262 g/mol. The van der Waals surface area contributed by atoms with E-state index in [1.807, 2.05) is 13.8 Å². The van der Waals surface area contributed by atoms with Gasteiger partial charge in [0.2, 0.25) is 0 Å². The molecule has 6 heteroatoms. The molecule has 1 aromatic rings. The molecule has 106 valence electrons. The zero-order chi connectivity index (χ0) is 13.8. The minimum absolute atomic E-state index is 0.0650. The second kappa shape index (κ2) is 6.43. The van der Waals surface area contributed by atoms with Crippen LogP contribution in [0.4, 0.5) is 0 Å². The number of carbonyl (C=O) groups excluding carboxylic acids is 1. The molecule has 0 atom stereocenters. The standard InChI is InChI=1S/C13H21N3O2S/c1-8(2)11-12(19-16-15-11)13(18)14-7-9-3-5-10(17)6-4-9/h8-10,17H,3-7H2,1-2H3,(H,14,18). The van der Waals surface area contributed by atoms with Gasteiger partial charge in [-0.3, -0.25) is 4.79 Å². The van der Waals surface area contributed by atoms with E-state index in [0.717, 1.165) is 42.9 Å². The number of amides is 1. The van der Waals surface area contributed by atoms with Crippen molar-refractivity contribution in [2.24, 2.45) is 5.92 Å². The molecule has 19 heavy (non-hydrogen) atoms. The summed E-state index contributed by atoms with van der Waals surface area (Å²) in [6.45, 7) is 4.70. The van der Waals surface area contributed by atoms with E-state index in [1.54, 1.807) is 0 Å². The average molecular weight is 283 g/mol. The molecule has 0 spiro atoms. The summed E-state index contributed by atoms with van der Waals surface area (Å²) in [4.78, 5) is 12.7. The van der Waals surface area contributed by atoms with Crippen molar-refractivity contribution in [3.63, 3.8) is 0 Å². The van der Waals surface area contributed by atoms with Crippen LogP contribution in [-0.4, -0.2) is 33.2 Å². The fourth-order valence-corrected chi connectivity index (χ4v) is 3.13. The molecule has 1 heterocycles. The van der Waals surface area contributed by atoms with Gasteiger partial charge in [0.05, 0.1) is 11.8 Å². The van der Waals surface area contributed by atoms with Gasteiger partial charge in [-0.25, -0.2) is 0 Å². The Labute approximate surface area is 117 Å². The first kappa shape index (κ1) is 14.4. The summed E-state index contributed by atoms with van der Waals surface area (Å²) >= 11 is 1.16. The number of nitrogens with one attached hydrogen (secondary N) is 1. The summed E-state index contributed by atoms with van der Waals surface area (Å²) in [5, 5.41) is 16.4. The summed E-state index contributed by atoms with van der Waals surface area (Å²) in [6.07, 6.45) is 3.52. The highest BCUT2D eigenvalue weighted by atomic mass is 32.1. The first-order chi connectivity index (χ1) is 9.08. The Balaban J connectivity index is 1.86. The molecule has 2 rings (SSSR count). The number of aliphatic hydroxyl groups excluding tert-OH is 1. The number of aliphatic hydroxyl groups is 1. The smallest absolute Gasteiger partial charge is 0.264 e. The van der Waals surface area contributed by atoms with Gasteiger partial charge in [0.1, 0.15) is 4.88 Å². The molecule has 1 amide bonds. The lowest BCUT2D eigenvalue weighted by Gasteiger charge is -2.25. The summed E-state index contributed by atoms with van der Waals surface area (Å²) in [5.74, 6) is 0.630. The zero-order valence-electron chi connectivity index (χ0n) is 11.4. The Hall–Kier alpha value is -1.01. The fourth-order valence-electron chi connectivity index (χ4n) is 2.40. The van der Waals surface area contributed by atoms with Crippen molar-refractivity contribution in [3.05, 3.63) is 10.6 Å². The van der Waals surface area contributed by atoms with Crippen LogP contribution in [0.5, 0.6) is 0 Å². The van der Waals surface area contributed by atoms with Gasteiger partial charge in [0.15, 0.2) is 0 Å². The molecule has 0 bridgehead atoms. The van der Waals surface area contributed by atoms with E-state index in [9.17, 15) is 9.90 Å². The molecule has 1 fully saturated rings. The van der Waals surface area contributed by atoms with Crippen molar-refractivity contribution in [2.75, 3.05) is 6.54 Å². The average Bonchev–Trinajstić information content (AvgIpc) is 2.87. The fraction of sp³-hybridized carbons (Fsp3) is 0.769. The Morgan fingerprint density at radius 1 is 1.42 bits per heavy atom. The molecule has 2 N–H and O–H groups in total. The maximum Gasteiger partial charge on any atom is 0.264 e. The molecule has 0 unspecified atom stereocenters. The van der Waals surface area contributed by atoms with Crippen molar-refractivity contribution < 1.29 is 9.90 Å². The molecule has 0 saturated heterocycles. The van der Waals surface area contributed by atoms with E-state index in [4.69, 9.17) is 0 Å². The number of rotatable bonds is 4. The molecule has 0 aliphatic heterocycles. The Bertz CT molecular complexity index is 425. The quantitative estimate of drug-likeness (QED) is 0.885. The number of nitrogens with zero attached hydrogens (tertiary/aromatic N) is 2. The van der Waals surface area contributed by atoms with Crippen LogP contribution in [0.3, 0.4) is 0 Å². The normalized spacial score (nSPS) is 23.6. The van der Waals surface area contributed by atoms with Crippen LogP contribution in [0.25, 0.3) is 0 Å². The van der Waals surface area contributed by atoms with E-state index in [0.29, 0.717) is 17.3 Å². The van der Waals surface area contributed by atoms with E-state index in [2.05, 4.69) is 14.9 Å². The highest BCUT2D eigenvalue weighted by Crippen LogP contribution is 2.24. The molecule has 0 radical (unpaired) electrons. The highest BCUT2D eigenvalue weighted by molar-refractivity contribution is 7.08. The first-order valence-electron chi connectivity index (χ1n) is 6.86. The predicted molar refractivity (Wildman–Crippen MR) is 74.3 cm³/mol. The Morgan fingerprint density at radius 3 is 2.74 bits per heavy atom. The second-order valence-electron chi connectivity index (χ2n) is 5.53. The molecule has 1 aliphatic carbocycles. The third-order valence-corrected chi connectivity index (χ3v) is 4.37. The van der Waals surface area contributed by atoms with Crippen LogP contribution in [-0.2, 0) is 0 Å².